The van der Waals surface area contributed by atoms with Crippen molar-refractivity contribution in [1.29, 1.82) is 0 Å². The van der Waals surface area contributed by atoms with Crippen LogP contribution in [0.4, 0.5) is 10.1 Å². The number of hydrogen-bond acceptors (Lipinski definition) is 4. The van der Waals surface area contributed by atoms with Crippen LogP contribution in [0.2, 0.25) is 0 Å². The van der Waals surface area contributed by atoms with E-state index < -0.39 is 16.1 Å². The fourth-order valence-corrected chi connectivity index (χ4v) is 3.59. The van der Waals surface area contributed by atoms with Gasteiger partial charge in [-0.25, -0.2) is 17.8 Å². The Kier molecular flexibility index (Phi) is 5.27. The van der Waals surface area contributed by atoms with Gasteiger partial charge in [0.15, 0.2) is 0 Å². The molecule has 1 N–H and O–H groups in total. The van der Waals surface area contributed by atoms with E-state index in [1.54, 1.807) is 43.3 Å². The van der Waals surface area contributed by atoms with Crippen molar-refractivity contribution in [3.8, 4) is 0 Å². The molecule has 0 aromatic heterocycles. The maximum atomic E-state index is 13.6. The van der Waals surface area contributed by atoms with Gasteiger partial charge in [-0.1, -0.05) is 24.3 Å². The lowest BCUT2D eigenvalue weighted by Gasteiger charge is -2.20. The van der Waals surface area contributed by atoms with Crippen molar-refractivity contribution in [3.05, 3.63) is 65.5 Å². The summed E-state index contributed by atoms with van der Waals surface area (Å²) in [5.74, 6) is -0.652. The zero-order valence-corrected chi connectivity index (χ0v) is 15.8. The highest BCUT2D eigenvalue weighted by Crippen LogP contribution is 2.33. The predicted molar refractivity (Wildman–Crippen MR) is 102 cm³/mol. The van der Waals surface area contributed by atoms with Gasteiger partial charge in [-0.3, -0.25) is 9.52 Å². The first-order valence-electron chi connectivity index (χ1n) is 8.52. The van der Waals surface area contributed by atoms with E-state index in [0.717, 1.165) is 0 Å². The van der Waals surface area contributed by atoms with Crippen LogP contribution in [0.1, 0.15) is 37.4 Å². The molecular formula is C19H20FN3O3S. The standard InChI is InChI=1S/C19H20FN3O3S/c1-3-27(25,26)22-17-9-5-6-14(11-17)18-12-19(23(21-18)13(2)24)15-7-4-8-16(20)10-15/h4-11,19,22H,3,12H2,1-2H3/t19-/m0/s1. The summed E-state index contributed by atoms with van der Waals surface area (Å²) in [7, 11) is -3.39. The number of nitrogens with one attached hydrogen (secondary N) is 1. The number of amides is 1. The van der Waals surface area contributed by atoms with E-state index in [0.29, 0.717) is 28.9 Å². The van der Waals surface area contributed by atoms with E-state index in [-0.39, 0.29) is 17.5 Å². The highest BCUT2D eigenvalue weighted by Gasteiger charge is 2.31. The smallest absolute Gasteiger partial charge is 0.240 e. The summed E-state index contributed by atoms with van der Waals surface area (Å²) in [6.07, 6.45) is 0.410. The Morgan fingerprint density at radius 1 is 1.26 bits per heavy atom. The summed E-state index contributed by atoms with van der Waals surface area (Å²) in [5.41, 5.74) is 2.43. The molecule has 3 rings (SSSR count). The Bertz CT molecular complexity index is 1000. The number of benzene rings is 2. The predicted octanol–water partition coefficient (Wildman–Crippen LogP) is 3.28. The first-order chi connectivity index (χ1) is 12.8. The Morgan fingerprint density at radius 2 is 2.00 bits per heavy atom. The lowest BCUT2D eigenvalue weighted by Crippen LogP contribution is -2.24. The van der Waals surface area contributed by atoms with Crippen LogP contribution in [0.3, 0.4) is 0 Å². The van der Waals surface area contributed by atoms with Gasteiger partial charge >= 0.3 is 0 Å². The lowest BCUT2D eigenvalue weighted by molar-refractivity contribution is -0.130. The molecule has 8 heteroatoms. The van der Waals surface area contributed by atoms with Gasteiger partial charge in [-0.2, -0.15) is 5.10 Å². The van der Waals surface area contributed by atoms with Gasteiger partial charge in [0.2, 0.25) is 15.9 Å². The number of carbonyl (C=O) groups excluding carboxylic acids is 1. The number of carbonyl (C=O) groups is 1. The van der Waals surface area contributed by atoms with Crippen LogP contribution >= 0.6 is 0 Å². The molecule has 0 saturated carbocycles. The fourth-order valence-electron chi connectivity index (χ4n) is 2.96. The molecule has 1 heterocycles. The second kappa shape index (κ2) is 7.48. The molecule has 6 nitrogen and oxygen atoms in total. The summed E-state index contributed by atoms with van der Waals surface area (Å²) >= 11 is 0. The molecule has 0 radical (unpaired) electrons. The zero-order valence-electron chi connectivity index (χ0n) is 15.0. The normalized spacial score (nSPS) is 16.9. The minimum Gasteiger partial charge on any atom is -0.284 e. The Hall–Kier alpha value is -2.74. The molecule has 2 aromatic carbocycles. The van der Waals surface area contributed by atoms with E-state index in [4.69, 9.17) is 0 Å². The first kappa shape index (κ1) is 19.0. The zero-order chi connectivity index (χ0) is 19.6. The van der Waals surface area contributed by atoms with Crippen LogP contribution in [0, 0.1) is 5.82 Å². The van der Waals surface area contributed by atoms with Crippen LogP contribution in [0.5, 0.6) is 0 Å². The largest absolute Gasteiger partial charge is 0.284 e. The van der Waals surface area contributed by atoms with E-state index in [2.05, 4.69) is 9.82 Å². The van der Waals surface area contributed by atoms with E-state index in [9.17, 15) is 17.6 Å². The fraction of sp³-hybridized carbons (Fsp3) is 0.263. The second-order valence-corrected chi connectivity index (χ2v) is 8.28. The van der Waals surface area contributed by atoms with Crippen LogP contribution in [0.15, 0.2) is 53.6 Å². The van der Waals surface area contributed by atoms with Crippen molar-refractivity contribution in [3.63, 3.8) is 0 Å². The Balaban J connectivity index is 1.91. The van der Waals surface area contributed by atoms with E-state index >= 15 is 0 Å². The van der Waals surface area contributed by atoms with Crippen molar-refractivity contribution >= 4 is 27.3 Å². The topological polar surface area (TPSA) is 78.8 Å². The molecule has 0 aliphatic carbocycles. The van der Waals surface area contributed by atoms with Crippen molar-refractivity contribution in [2.45, 2.75) is 26.3 Å². The lowest BCUT2D eigenvalue weighted by atomic mass is 9.98. The highest BCUT2D eigenvalue weighted by molar-refractivity contribution is 7.92. The third-order valence-corrected chi connectivity index (χ3v) is 5.62. The quantitative estimate of drug-likeness (QED) is 0.852. The van der Waals surface area contributed by atoms with Crippen LogP contribution in [0.25, 0.3) is 0 Å². The SMILES string of the molecule is CCS(=O)(=O)Nc1cccc(C2=NN(C(C)=O)[C@H](c3cccc(F)c3)C2)c1. The molecule has 1 aliphatic rings. The molecule has 27 heavy (non-hydrogen) atoms. The third-order valence-electron chi connectivity index (χ3n) is 4.32. The summed E-state index contributed by atoms with van der Waals surface area (Å²) in [5, 5.41) is 5.74. The van der Waals surface area contributed by atoms with Gasteiger partial charge in [0.25, 0.3) is 0 Å². The number of hydrazone groups is 1. The average molecular weight is 389 g/mol. The number of nitrogens with zero attached hydrogens (tertiary/aromatic N) is 2. The maximum absolute atomic E-state index is 13.6. The highest BCUT2D eigenvalue weighted by atomic mass is 32.2. The average Bonchev–Trinajstić information content (AvgIpc) is 3.07. The van der Waals surface area contributed by atoms with E-state index in [1.165, 1.54) is 24.1 Å². The molecule has 1 aliphatic heterocycles. The molecule has 0 unspecified atom stereocenters. The Labute approximate surface area is 157 Å². The summed E-state index contributed by atoms with van der Waals surface area (Å²) in [6, 6.07) is 12.6. The van der Waals surface area contributed by atoms with Crippen LogP contribution in [-0.4, -0.2) is 30.8 Å². The molecule has 1 atom stereocenters. The summed E-state index contributed by atoms with van der Waals surface area (Å²) in [6.45, 7) is 2.96. The number of anilines is 1. The van der Waals surface area contributed by atoms with Gasteiger partial charge in [0, 0.05) is 19.0 Å². The van der Waals surface area contributed by atoms with Crippen molar-refractivity contribution < 1.29 is 17.6 Å². The molecule has 0 bridgehead atoms. The molecule has 0 fully saturated rings. The number of sulfonamides is 1. The first-order valence-corrected chi connectivity index (χ1v) is 10.2. The minimum atomic E-state index is -3.39. The number of hydrogen-bond donors (Lipinski definition) is 1. The van der Waals surface area contributed by atoms with Crippen molar-refractivity contribution in [2.75, 3.05) is 10.5 Å². The molecule has 0 saturated heterocycles. The van der Waals surface area contributed by atoms with Crippen LogP contribution in [-0.2, 0) is 14.8 Å². The third kappa shape index (κ3) is 4.33. The minimum absolute atomic E-state index is 0.0298. The number of halogens is 1. The number of rotatable bonds is 5. The second-order valence-electron chi connectivity index (χ2n) is 6.27. The maximum Gasteiger partial charge on any atom is 0.240 e. The van der Waals surface area contributed by atoms with E-state index in [1.807, 2.05) is 0 Å². The van der Waals surface area contributed by atoms with Gasteiger partial charge in [-0.15, -0.1) is 0 Å². The van der Waals surface area contributed by atoms with Gasteiger partial charge in [0.1, 0.15) is 5.82 Å². The molecule has 2 aromatic rings. The monoisotopic (exact) mass is 389 g/mol. The molecule has 1 amide bonds. The van der Waals surface area contributed by atoms with Gasteiger partial charge < -0.3 is 0 Å². The summed E-state index contributed by atoms with van der Waals surface area (Å²) in [4.78, 5) is 12.0. The Morgan fingerprint density at radius 3 is 2.67 bits per heavy atom. The summed E-state index contributed by atoms with van der Waals surface area (Å²) < 4.78 is 39.7. The van der Waals surface area contributed by atoms with Gasteiger partial charge in [-0.05, 0) is 42.3 Å². The van der Waals surface area contributed by atoms with Gasteiger partial charge in [0.05, 0.1) is 17.5 Å². The van der Waals surface area contributed by atoms with Crippen LogP contribution < -0.4 is 4.72 Å². The van der Waals surface area contributed by atoms with Crippen molar-refractivity contribution in [2.24, 2.45) is 5.10 Å². The molecule has 142 valence electrons. The molecule has 0 spiro atoms. The molecular weight excluding hydrogens is 369 g/mol. The van der Waals surface area contributed by atoms with Crippen molar-refractivity contribution in [1.82, 2.24) is 5.01 Å².